The fraction of sp³-hybridized carbons (Fsp3) is 0.846. The standard InChI is InChI=1S/C13H22N2O4/c1-13(11(16)17)6-7-15(8-13)12(18)14-9-4-3-5-10(9)19-2/h9-10H,3-8H2,1-2H3,(H,14,18)(H,16,17)/t9-,10-,13?/m1/s1. The maximum atomic E-state index is 12.1. The molecule has 2 fully saturated rings. The number of nitrogens with one attached hydrogen (secondary N) is 1. The van der Waals surface area contributed by atoms with Crippen LogP contribution in [0.2, 0.25) is 0 Å². The summed E-state index contributed by atoms with van der Waals surface area (Å²) in [7, 11) is 1.66. The van der Waals surface area contributed by atoms with E-state index in [9.17, 15) is 9.59 Å². The van der Waals surface area contributed by atoms with Gasteiger partial charge in [-0.25, -0.2) is 4.79 Å². The highest BCUT2D eigenvalue weighted by Gasteiger charge is 2.42. The first kappa shape index (κ1) is 14.1. The second kappa shape index (κ2) is 5.36. The second-order valence-corrected chi connectivity index (χ2v) is 5.80. The van der Waals surface area contributed by atoms with Crippen LogP contribution in [-0.4, -0.2) is 54.4 Å². The lowest BCUT2D eigenvalue weighted by Gasteiger charge is -2.25. The van der Waals surface area contributed by atoms with Gasteiger partial charge in [0.15, 0.2) is 0 Å². The summed E-state index contributed by atoms with van der Waals surface area (Å²) < 4.78 is 5.34. The Hall–Kier alpha value is -1.30. The Morgan fingerprint density at radius 2 is 2.16 bits per heavy atom. The van der Waals surface area contributed by atoms with E-state index >= 15 is 0 Å². The lowest BCUT2D eigenvalue weighted by molar-refractivity contribution is -0.147. The molecule has 0 aromatic carbocycles. The topological polar surface area (TPSA) is 78.9 Å². The zero-order valence-corrected chi connectivity index (χ0v) is 11.5. The van der Waals surface area contributed by atoms with E-state index in [0.717, 1.165) is 19.3 Å². The van der Waals surface area contributed by atoms with Crippen molar-refractivity contribution in [2.24, 2.45) is 5.41 Å². The molecule has 0 bridgehead atoms. The molecule has 0 spiro atoms. The van der Waals surface area contributed by atoms with Crippen molar-refractivity contribution in [3.8, 4) is 0 Å². The molecule has 1 saturated heterocycles. The molecule has 1 aliphatic carbocycles. The Labute approximate surface area is 113 Å². The number of hydrogen-bond donors (Lipinski definition) is 2. The van der Waals surface area contributed by atoms with Gasteiger partial charge < -0.3 is 20.1 Å². The lowest BCUT2D eigenvalue weighted by Crippen LogP contribution is -2.48. The van der Waals surface area contributed by atoms with Gasteiger partial charge in [-0.05, 0) is 32.6 Å². The molecule has 2 aliphatic rings. The molecule has 2 N–H and O–H groups in total. The number of nitrogens with zero attached hydrogens (tertiary/aromatic N) is 1. The minimum atomic E-state index is -0.835. The van der Waals surface area contributed by atoms with Crippen LogP contribution in [0.1, 0.15) is 32.6 Å². The number of hydrogen-bond acceptors (Lipinski definition) is 3. The predicted octanol–water partition coefficient (Wildman–Crippen LogP) is 1.06. The average Bonchev–Trinajstić information content (AvgIpc) is 2.96. The van der Waals surface area contributed by atoms with Crippen molar-refractivity contribution in [2.75, 3.05) is 20.2 Å². The quantitative estimate of drug-likeness (QED) is 0.803. The summed E-state index contributed by atoms with van der Waals surface area (Å²) in [4.78, 5) is 24.9. The van der Waals surface area contributed by atoms with Crippen molar-refractivity contribution >= 4 is 12.0 Å². The zero-order chi connectivity index (χ0) is 14.0. The van der Waals surface area contributed by atoms with Crippen LogP contribution in [0.25, 0.3) is 0 Å². The first-order valence-electron chi connectivity index (χ1n) is 6.78. The van der Waals surface area contributed by atoms with Crippen molar-refractivity contribution in [1.82, 2.24) is 10.2 Å². The Morgan fingerprint density at radius 3 is 2.74 bits per heavy atom. The Kier molecular flexibility index (Phi) is 3.99. The molecular formula is C13H22N2O4. The van der Waals surface area contributed by atoms with Crippen LogP contribution in [-0.2, 0) is 9.53 Å². The largest absolute Gasteiger partial charge is 0.481 e. The van der Waals surface area contributed by atoms with E-state index in [1.54, 1.807) is 18.9 Å². The predicted molar refractivity (Wildman–Crippen MR) is 68.9 cm³/mol. The highest BCUT2D eigenvalue weighted by molar-refractivity contribution is 5.79. The van der Waals surface area contributed by atoms with E-state index < -0.39 is 11.4 Å². The number of amides is 2. The highest BCUT2D eigenvalue weighted by Crippen LogP contribution is 2.30. The van der Waals surface area contributed by atoms with Gasteiger partial charge >= 0.3 is 12.0 Å². The summed E-state index contributed by atoms with van der Waals surface area (Å²) in [5.74, 6) is -0.835. The Morgan fingerprint density at radius 1 is 1.42 bits per heavy atom. The molecule has 0 radical (unpaired) electrons. The molecule has 0 aromatic rings. The number of carbonyl (C=O) groups is 2. The number of carboxylic acids is 1. The maximum absolute atomic E-state index is 12.1. The van der Waals surface area contributed by atoms with Crippen molar-refractivity contribution in [1.29, 1.82) is 0 Å². The van der Waals surface area contributed by atoms with Crippen LogP contribution < -0.4 is 5.32 Å². The molecule has 1 heterocycles. The second-order valence-electron chi connectivity index (χ2n) is 5.80. The summed E-state index contributed by atoms with van der Waals surface area (Å²) in [6, 6.07) is -0.117. The SMILES string of the molecule is CO[C@@H]1CCC[C@H]1NC(=O)N1CCC(C)(C(=O)O)C1. The molecule has 1 aliphatic heterocycles. The van der Waals surface area contributed by atoms with Gasteiger partial charge in [-0.2, -0.15) is 0 Å². The van der Waals surface area contributed by atoms with E-state index in [1.165, 1.54) is 0 Å². The molecular weight excluding hydrogens is 248 g/mol. The van der Waals surface area contributed by atoms with Gasteiger partial charge in [0.25, 0.3) is 0 Å². The third-order valence-corrected chi connectivity index (χ3v) is 4.34. The average molecular weight is 270 g/mol. The first-order chi connectivity index (χ1) is 8.96. The number of carboxylic acid groups (broad SMARTS) is 1. The minimum absolute atomic E-state index is 0.0502. The molecule has 2 amide bonds. The molecule has 6 nitrogen and oxygen atoms in total. The summed E-state index contributed by atoms with van der Waals surface area (Å²) >= 11 is 0. The summed E-state index contributed by atoms with van der Waals surface area (Å²) in [6.07, 6.45) is 3.53. The van der Waals surface area contributed by atoms with Gasteiger partial charge in [-0.1, -0.05) is 0 Å². The zero-order valence-electron chi connectivity index (χ0n) is 11.5. The van der Waals surface area contributed by atoms with Crippen molar-refractivity contribution in [3.05, 3.63) is 0 Å². The molecule has 3 atom stereocenters. The molecule has 6 heteroatoms. The van der Waals surface area contributed by atoms with E-state index in [0.29, 0.717) is 13.0 Å². The Balaban J connectivity index is 1.90. The van der Waals surface area contributed by atoms with Gasteiger partial charge in [0, 0.05) is 20.2 Å². The number of aliphatic carboxylic acids is 1. The third-order valence-electron chi connectivity index (χ3n) is 4.34. The van der Waals surface area contributed by atoms with Crippen LogP contribution in [0.4, 0.5) is 4.79 Å². The number of urea groups is 1. The number of rotatable bonds is 3. The fourth-order valence-electron chi connectivity index (χ4n) is 2.93. The first-order valence-corrected chi connectivity index (χ1v) is 6.78. The van der Waals surface area contributed by atoms with Gasteiger partial charge in [-0.15, -0.1) is 0 Å². The van der Waals surface area contributed by atoms with Crippen LogP contribution in [0.3, 0.4) is 0 Å². The van der Waals surface area contributed by atoms with Gasteiger partial charge in [-0.3, -0.25) is 4.79 Å². The van der Waals surface area contributed by atoms with Crippen LogP contribution in [0, 0.1) is 5.41 Å². The van der Waals surface area contributed by atoms with E-state index in [1.807, 2.05) is 0 Å². The van der Waals surface area contributed by atoms with E-state index in [4.69, 9.17) is 9.84 Å². The molecule has 108 valence electrons. The minimum Gasteiger partial charge on any atom is -0.481 e. The van der Waals surface area contributed by atoms with E-state index in [-0.39, 0.29) is 24.7 Å². The highest BCUT2D eigenvalue weighted by atomic mass is 16.5. The molecule has 2 rings (SSSR count). The lowest BCUT2D eigenvalue weighted by atomic mass is 9.90. The summed E-state index contributed by atoms with van der Waals surface area (Å²) in [5, 5.41) is 12.1. The van der Waals surface area contributed by atoms with Crippen LogP contribution in [0.15, 0.2) is 0 Å². The number of ether oxygens (including phenoxy) is 1. The number of carbonyl (C=O) groups excluding carboxylic acids is 1. The number of likely N-dealkylation sites (tertiary alicyclic amines) is 1. The van der Waals surface area contributed by atoms with Gasteiger partial charge in [0.05, 0.1) is 17.6 Å². The van der Waals surface area contributed by atoms with Crippen LogP contribution in [0.5, 0.6) is 0 Å². The van der Waals surface area contributed by atoms with Crippen molar-refractivity contribution in [3.63, 3.8) is 0 Å². The van der Waals surface area contributed by atoms with Crippen molar-refractivity contribution < 1.29 is 19.4 Å². The smallest absolute Gasteiger partial charge is 0.317 e. The molecule has 19 heavy (non-hydrogen) atoms. The van der Waals surface area contributed by atoms with Crippen LogP contribution >= 0.6 is 0 Å². The molecule has 1 unspecified atom stereocenters. The van der Waals surface area contributed by atoms with E-state index in [2.05, 4.69) is 5.32 Å². The monoisotopic (exact) mass is 270 g/mol. The normalized spacial score (nSPS) is 34.5. The summed E-state index contributed by atoms with van der Waals surface area (Å²) in [6.45, 7) is 2.47. The molecule has 1 saturated carbocycles. The summed E-state index contributed by atoms with van der Waals surface area (Å²) in [5.41, 5.74) is -0.812. The van der Waals surface area contributed by atoms with Gasteiger partial charge in [0.2, 0.25) is 0 Å². The van der Waals surface area contributed by atoms with Gasteiger partial charge in [0.1, 0.15) is 0 Å². The number of methoxy groups -OCH3 is 1. The third kappa shape index (κ3) is 2.83. The molecule has 0 aromatic heterocycles. The fourth-order valence-corrected chi connectivity index (χ4v) is 2.93. The van der Waals surface area contributed by atoms with Crippen molar-refractivity contribution in [2.45, 2.75) is 44.8 Å². The Bertz CT molecular complexity index is 374. The maximum Gasteiger partial charge on any atom is 0.317 e.